The van der Waals surface area contributed by atoms with E-state index in [1.165, 1.54) is 11.5 Å². The normalized spacial score (nSPS) is 10.4. The SMILES string of the molecule is CCc1nsc(Sc2ccc(OC)cc2)n1. The summed E-state index contributed by atoms with van der Waals surface area (Å²) in [6.07, 6.45) is 0.889. The summed E-state index contributed by atoms with van der Waals surface area (Å²) in [5.74, 6) is 1.79. The standard InChI is InChI=1S/C11H12N2OS2/c1-3-10-12-11(16-13-10)15-9-6-4-8(14-2)5-7-9/h4-7H,3H2,1-2H3. The van der Waals surface area contributed by atoms with Gasteiger partial charge in [-0.2, -0.15) is 4.37 Å². The molecule has 5 heteroatoms. The van der Waals surface area contributed by atoms with Crippen LogP contribution in [0.3, 0.4) is 0 Å². The molecular formula is C11H12N2OS2. The third-order valence-electron chi connectivity index (χ3n) is 2.03. The predicted octanol–water partition coefficient (Wildman–Crippen LogP) is 3.26. The molecule has 1 aromatic heterocycles. The van der Waals surface area contributed by atoms with Gasteiger partial charge in [0.25, 0.3) is 0 Å². The van der Waals surface area contributed by atoms with Crippen LogP contribution in [0.1, 0.15) is 12.7 Å². The Hall–Kier alpha value is -1.07. The fourth-order valence-corrected chi connectivity index (χ4v) is 2.84. The summed E-state index contributed by atoms with van der Waals surface area (Å²) >= 11 is 3.08. The van der Waals surface area contributed by atoms with Crippen molar-refractivity contribution in [2.45, 2.75) is 22.6 Å². The van der Waals surface area contributed by atoms with E-state index in [-0.39, 0.29) is 0 Å². The Kier molecular flexibility index (Phi) is 3.79. The summed E-state index contributed by atoms with van der Waals surface area (Å²) in [5, 5.41) is 0. The van der Waals surface area contributed by atoms with Gasteiger partial charge in [0.1, 0.15) is 11.6 Å². The lowest BCUT2D eigenvalue weighted by atomic mass is 10.3. The van der Waals surface area contributed by atoms with Crippen LogP contribution >= 0.6 is 23.3 Å². The number of hydrogen-bond donors (Lipinski definition) is 0. The van der Waals surface area contributed by atoms with Crippen molar-refractivity contribution in [3.63, 3.8) is 0 Å². The fourth-order valence-electron chi connectivity index (χ4n) is 1.17. The highest BCUT2D eigenvalue weighted by atomic mass is 32.2. The third kappa shape index (κ3) is 2.74. The van der Waals surface area contributed by atoms with Gasteiger partial charge in [-0.3, -0.25) is 0 Å². The first-order chi connectivity index (χ1) is 7.81. The lowest BCUT2D eigenvalue weighted by Gasteiger charge is -2.00. The molecule has 0 N–H and O–H groups in total. The molecule has 0 radical (unpaired) electrons. The van der Waals surface area contributed by atoms with Crippen molar-refractivity contribution in [2.75, 3.05) is 7.11 Å². The fraction of sp³-hybridized carbons (Fsp3) is 0.273. The summed E-state index contributed by atoms with van der Waals surface area (Å²) in [6, 6.07) is 7.95. The van der Waals surface area contributed by atoms with Crippen LogP contribution in [-0.2, 0) is 6.42 Å². The van der Waals surface area contributed by atoms with Gasteiger partial charge in [0.05, 0.1) is 7.11 Å². The Balaban J connectivity index is 2.08. The lowest BCUT2D eigenvalue weighted by molar-refractivity contribution is 0.414. The molecule has 0 aliphatic rings. The van der Waals surface area contributed by atoms with Crippen molar-refractivity contribution in [2.24, 2.45) is 0 Å². The van der Waals surface area contributed by atoms with E-state index >= 15 is 0 Å². The Bertz CT molecular complexity index is 453. The lowest BCUT2D eigenvalue weighted by Crippen LogP contribution is -1.82. The quantitative estimate of drug-likeness (QED) is 0.836. The average Bonchev–Trinajstić information content (AvgIpc) is 2.78. The predicted molar refractivity (Wildman–Crippen MR) is 66.4 cm³/mol. The van der Waals surface area contributed by atoms with E-state index in [9.17, 15) is 0 Å². The van der Waals surface area contributed by atoms with E-state index < -0.39 is 0 Å². The van der Waals surface area contributed by atoms with Crippen molar-refractivity contribution in [3.8, 4) is 5.75 Å². The summed E-state index contributed by atoms with van der Waals surface area (Å²) in [4.78, 5) is 5.56. The smallest absolute Gasteiger partial charge is 0.174 e. The number of methoxy groups -OCH3 is 1. The molecule has 0 atom stereocenters. The van der Waals surface area contributed by atoms with Gasteiger partial charge in [-0.05, 0) is 35.8 Å². The minimum Gasteiger partial charge on any atom is -0.497 e. The van der Waals surface area contributed by atoms with Gasteiger partial charge < -0.3 is 4.74 Å². The summed E-state index contributed by atoms with van der Waals surface area (Å²) < 4.78 is 10.3. The Morgan fingerprint density at radius 3 is 2.62 bits per heavy atom. The number of aromatic nitrogens is 2. The molecule has 1 aromatic carbocycles. The second-order valence-electron chi connectivity index (χ2n) is 3.11. The maximum Gasteiger partial charge on any atom is 0.174 e. The molecule has 16 heavy (non-hydrogen) atoms. The molecule has 0 fully saturated rings. The zero-order valence-corrected chi connectivity index (χ0v) is 10.8. The molecule has 1 heterocycles. The molecule has 2 aromatic rings. The van der Waals surface area contributed by atoms with Crippen molar-refractivity contribution >= 4 is 23.3 Å². The van der Waals surface area contributed by atoms with E-state index in [2.05, 4.69) is 16.3 Å². The summed E-state index contributed by atoms with van der Waals surface area (Å²) in [7, 11) is 1.67. The van der Waals surface area contributed by atoms with Crippen LogP contribution in [0.25, 0.3) is 0 Å². The second-order valence-corrected chi connectivity index (χ2v) is 5.18. The van der Waals surface area contributed by atoms with E-state index in [1.807, 2.05) is 24.3 Å². The number of hydrogen-bond acceptors (Lipinski definition) is 5. The van der Waals surface area contributed by atoms with E-state index in [4.69, 9.17) is 4.74 Å². The monoisotopic (exact) mass is 252 g/mol. The largest absolute Gasteiger partial charge is 0.497 e. The molecule has 0 aliphatic heterocycles. The Morgan fingerprint density at radius 1 is 1.31 bits per heavy atom. The minimum atomic E-state index is 0.871. The van der Waals surface area contributed by atoms with Crippen LogP contribution in [-0.4, -0.2) is 16.5 Å². The number of rotatable bonds is 4. The van der Waals surface area contributed by atoms with Gasteiger partial charge in [0.2, 0.25) is 0 Å². The van der Waals surface area contributed by atoms with Crippen LogP contribution < -0.4 is 4.74 Å². The minimum absolute atomic E-state index is 0.871. The molecule has 0 saturated carbocycles. The second kappa shape index (κ2) is 5.32. The van der Waals surface area contributed by atoms with Gasteiger partial charge in [-0.15, -0.1) is 0 Å². The molecule has 2 rings (SSSR count). The Labute approximate surface area is 103 Å². The highest BCUT2D eigenvalue weighted by molar-refractivity contribution is 8.01. The van der Waals surface area contributed by atoms with Crippen molar-refractivity contribution in [3.05, 3.63) is 30.1 Å². The molecule has 0 amide bonds. The van der Waals surface area contributed by atoms with Gasteiger partial charge in [0, 0.05) is 11.3 Å². The molecule has 0 aliphatic carbocycles. The maximum atomic E-state index is 5.11. The molecule has 0 saturated heterocycles. The summed E-state index contributed by atoms with van der Waals surface area (Å²) in [6.45, 7) is 2.06. The molecular weight excluding hydrogens is 240 g/mol. The van der Waals surface area contributed by atoms with E-state index in [0.717, 1.165) is 27.2 Å². The third-order valence-corrected chi connectivity index (χ3v) is 3.83. The van der Waals surface area contributed by atoms with Gasteiger partial charge in [-0.25, -0.2) is 4.98 Å². The highest BCUT2D eigenvalue weighted by Gasteiger charge is 2.04. The van der Waals surface area contributed by atoms with Gasteiger partial charge >= 0.3 is 0 Å². The molecule has 3 nitrogen and oxygen atoms in total. The molecule has 0 unspecified atom stereocenters. The topological polar surface area (TPSA) is 35.0 Å². The van der Waals surface area contributed by atoms with E-state index in [0.29, 0.717) is 0 Å². The van der Waals surface area contributed by atoms with Crippen LogP contribution in [0, 0.1) is 0 Å². The van der Waals surface area contributed by atoms with Crippen LogP contribution in [0.15, 0.2) is 33.5 Å². The zero-order valence-electron chi connectivity index (χ0n) is 9.14. The number of nitrogens with zero attached hydrogens (tertiary/aromatic N) is 2. The van der Waals surface area contributed by atoms with Gasteiger partial charge in [0.15, 0.2) is 4.34 Å². The van der Waals surface area contributed by atoms with Crippen molar-refractivity contribution in [1.82, 2.24) is 9.36 Å². The Morgan fingerprint density at radius 2 is 2.06 bits per heavy atom. The first kappa shape index (κ1) is 11.4. The molecule has 0 bridgehead atoms. The van der Waals surface area contributed by atoms with Crippen molar-refractivity contribution < 1.29 is 4.74 Å². The number of ether oxygens (including phenoxy) is 1. The van der Waals surface area contributed by atoms with Gasteiger partial charge in [-0.1, -0.05) is 18.7 Å². The number of benzene rings is 1. The molecule has 84 valence electrons. The van der Waals surface area contributed by atoms with Crippen LogP contribution in [0.4, 0.5) is 0 Å². The molecule has 0 spiro atoms. The van der Waals surface area contributed by atoms with Crippen LogP contribution in [0.5, 0.6) is 5.75 Å². The van der Waals surface area contributed by atoms with Crippen molar-refractivity contribution in [1.29, 1.82) is 0 Å². The highest BCUT2D eigenvalue weighted by Crippen LogP contribution is 2.30. The summed E-state index contributed by atoms with van der Waals surface area (Å²) in [5.41, 5.74) is 0. The zero-order chi connectivity index (χ0) is 11.4. The maximum absolute atomic E-state index is 5.11. The van der Waals surface area contributed by atoms with Crippen LogP contribution in [0.2, 0.25) is 0 Å². The first-order valence-corrected chi connectivity index (χ1v) is 6.55. The first-order valence-electron chi connectivity index (χ1n) is 4.96. The van der Waals surface area contributed by atoms with E-state index in [1.54, 1.807) is 18.9 Å². The average molecular weight is 252 g/mol. The number of aryl methyl sites for hydroxylation is 1.